The Labute approximate surface area is 137 Å². The van der Waals surface area contributed by atoms with Crippen LogP contribution in [0.2, 0.25) is 0 Å². The van der Waals surface area contributed by atoms with Gasteiger partial charge in [0.25, 0.3) is 0 Å². The van der Waals surface area contributed by atoms with Gasteiger partial charge in [0.05, 0.1) is 5.56 Å². The zero-order valence-electron chi connectivity index (χ0n) is 13.8. The van der Waals surface area contributed by atoms with Crippen LogP contribution < -0.4 is 4.74 Å². The van der Waals surface area contributed by atoms with Crippen LogP contribution in [0, 0.1) is 0 Å². The Balaban J connectivity index is 2.31. The summed E-state index contributed by atoms with van der Waals surface area (Å²) in [6.45, 7) is 5.86. The van der Waals surface area contributed by atoms with E-state index in [0.717, 1.165) is 11.1 Å². The van der Waals surface area contributed by atoms with E-state index in [0.29, 0.717) is 29.9 Å². The van der Waals surface area contributed by atoms with Gasteiger partial charge in [0.1, 0.15) is 18.1 Å². The van der Waals surface area contributed by atoms with Crippen LogP contribution in [0.3, 0.4) is 0 Å². The number of aromatic hydroxyl groups is 1. The zero-order chi connectivity index (χ0) is 16.8. The molecule has 0 aliphatic heterocycles. The van der Waals surface area contributed by atoms with Gasteiger partial charge in [0.15, 0.2) is 5.78 Å². The lowest BCUT2D eigenvalue weighted by Gasteiger charge is -2.14. The number of ether oxygens (including phenoxy) is 1. The molecule has 0 aliphatic carbocycles. The number of carbonyl (C=O) groups is 1. The molecule has 0 heterocycles. The van der Waals surface area contributed by atoms with Crippen molar-refractivity contribution in [2.24, 2.45) is 0 Å². The summed E-state index contributed by atoms with van der Waals surface area (Å²) in [6.07, 6.45) is 2.54. The molecule has 0 fully saturated rings. The fraction of sp³-hybridized carbons (Fsp3) is 0.250. The van der Waals surface area contributed by atoms with Gasteiger partial charge in [-0.05, 0) is 44.9 Å². The number of rotatable bonds is 6. The second-order valence-corrected chi connectivity index (χ2v) is 5.75. The predicted molar refractivity (Wildman–Crippen MR) is 92.0 cm³/mol. The average Bonchev–Trinajstić information content (AvgIpc) is 2.52. The van der Waals surface area contributed by atoms with E-state index >= 15 is 0 Å². The first-order valence-corrected chi connectivity index (χ1v) is 7.65. The minimum atomic E-state index is -0.157. The van der Waals surface area contributed by atoms with Crippen molar-refractivity contribution in [3.05, 3.63) is 70.8 Å². The number of phenols is 1. The number of carbonyl (C=O) groups excluding carboxylic acids is 1. The van der Waals surface area contributed by atoms with Crippen LogP contribution >= 0.6 is 0 Å². The third kappa shape index (κ3) is 4.46. The molecule has 3 heteroatoms. The largest absolute Gasteiger partial charge is 0.507 e. The molecule has 2 aromatic rings. The number of Topliss-reactive ketones (excluding diaryl/α,β-unsaturated/α-hetero) is 1. The highest BCUT2D eigenvalue weighted by Gasteiger charge is 2.15. The molecule has 0 aromatic heterocycles. The molecule has 0 saturated heterocycles. The first kappa shape index (κ1) is 16.8. The van der Waals surface area contributed by atoms with Crippen LogP contribution in [0.4, 0.5) is 0 Å². The molecule has 3 nitrogen and oxygen atoms in total. The van der Waals surface area contributed by atoms with Gasteiger partial charge in [0.2, 0.25) is 0 Å². The van der Waals surface area contributed by atoms with Gasteiger partial charge in [-0.15, -0.1) is 0 Å². The van der Waals surface area contributed by atoms with Crippen LogP contribution in [0.15, 0.2) is 54.1 Å². The van der Waals surface area contributed by atoms with Gasteiger partial charge < -0.3 is 9.84 Å². The molecular weight excluding hydrogens is 288 g/mol. The number of hydrogen-bond acceptors (Lipinski definition) is 3. The van der Waals surface area contributed by atoms with E-state index in [1.165, 1.54) is 6.92 Å². The Bertz CT molecular complexity index is 711. The molecule has 0 radical (unpaired) electrons. The van der Waals surface area contributed by atoms with Gasteiger partial charge in [-0.25, -0.2) is 0 Å². The highest BCUT2D eigenvalue weighted by atomic mass is 16.5. The predicted octanol–water partition coefficient (Wildman–Crippen LogP) is 4.68. The summed E-state index contributed by atoms with van der Waals surface area (Å²) >= 11 is 0. The van der Waals surface area contributed by atoms with Crippen molar-refractivity contribution in [1.29, 1.82) is 0 Å². The van der Waals surface area contributed by atoms with Crippen LogP contribution in [-0.2, 0) is 13.0 Å². The van der Waals surface area contributed by atoms with Gasteiger partial charge in [-0.1, -0.05) is 42.0 Å². The number of ketones is 1. The van der Waals surface area contributed by atoms with Crippen molar-refractivity contribution in [3.8, 4) is 11.5 Å². The highest BCUT2D eigenvalue weighted by molar-refractivity contribution is 5.97. The first-order chi connectivity index (χ1) is 11.0. The Kier molecular flexibility index (Phi) is 5.58. The maximum absolute atomic E-state index is 11.6. The molecule has 0 saturated carbocycles. The Morgan fingerprint density at radius 1 is 1.09 bits per heavy atom. The lowest BCUT2D eigenvalue weighted by Crippen LogP contribution is -2.02. The van der Waals surface area contributed by atoms with E-state index < -0.39 is 0 Å². The summed E-state index contributed by atoms with van der Waals surface area (Å²) in [5.74, 6) is 0.463. The van der Waals surface area contributed by atoms with Crippen LogP contribution in [0.5, 0.6) is 11.5 Å². The number of benzene rings is 2. The lowest BCUT2D eigenvalue weighted by atomic mass is 10.0. The molecule has 0 amide bonds. The van der Waals surface area contributed by atoms with Gasteiger partial charge in [-0.3, -0.25) is 4.79 Å². The SMILES string of the molecule is CC(=O)c1ccc(OCc2ccccc2)c(CC=C(C)C)c1O. The van der Waals surface area contributed by atoms with E-state index in [1.54, 1.807) is 12.1 Å². The zero-order valence-corrected chi connectivity index (χ0v) is 13.8. The second kappa shape index (κ2) is 7.63. The fourth-order valence-corrected chi connectivity index (χ4v) is 2.28. The maximum Gasteiger partial charge on any atom is 0.163 e. The summed E-state index contributed by atoms with van der Waals surface area (Å²) in [6, 6.07) is 13.2. The normalized spacial score (nSPS) is 10.2. The smallest absolute Gasteiger partial charge is 0.163 e. The second-order valence-electron chi connectivity index (χ2n) is 5.75. The topological polar surface area (TPSA) is 46.5 Å². The van der Waals surface area contributed by atoms with Crippen LogP contribution in [0.25, 0.3) is 0 Å². The number of phenolic OH excluding ortho intramolecular Hbond substituents is 1. The maximum atomic E-state index is 11.6. The van der Waals surface area contributed by atoms with Crippen molar-refractivity contribution in [3.63, 3.8) is 0 Å². The molecule has 1 N–H and O–H groups in total. The molecule has 2 aromatic carbocycles. The molecular formula is C20H22O3. The third-order valence-electron chi connectivity index (χ3n) is 3.57. The van der Waals surface area contributed by atoms with E-state index in [1.807, 2.05) is 50.3 Å². The summed E-state index contributed by atoms with van der Waals surface area (Å²) < 4.78 is 5.87. The summed E-state index contributed by atoms with van der Waals surface area (Å²) in [5.41, 5.74) is 3.17. The standard InChI is InChI=1S/C20H22O3/c1-14(2)9-10-18-19(12-11-17(15(3)21)20(18)22)23-13-16-7-5-4-6-8-16/h4-9,11-12,22H,10,13H2,1-3H3. The van der Waals surface area contributed by atoms with E-state index in [2.05, 4.69) is 0 Å². The van der Waals surface area contributed by atoms with Gasteiger partial charge in [0, 0.05) is 5.56 Å². The first-order valence-electron chi connectivity index (χ1n) is 7.65. The Morgan fingerprint density at radius 3 is 2.39 bits per heavy atom. The van der Waals surface area contributed by atoms with E-state index in [-0.39, 0.29) is 11.5 Å². The lowest BCUT2D eigenvalue weighted by molar-refractivity contribution is 0.101. The molecule has 0 bridgehead atoms. The quantitative estimate of drug-likeness (QED) is 0.622. The number of allylic oxidation sites excluding steroid dienone is 2. The summed E-state index contributed by atoms with van der Waals surface area (Å²) in [7, 11) is 0. The van der Waals surface area contributed by atoms with Crippen molar-refractivity contribution in [2.75, 3.05) is 0 Å². The van der Waals surface area contributed by atoms with E-state index in [4.69, 9.17) is 4.74 Å². The van der Waals surface area contributed by atoms with E-state index in [9.17, 15) is 9.90 Å². The fourth-order valence-electron chi connectivity index (χ4n) is 2.28. The monoisotopic (exact) mass is 310 g/mol. The van der Waals surface area contributed by atoms with Crippen LogP contribution in [-0.4, -0.2) is 10.9 Å². The molecule has 0 spiro atoms. The Morgan fingerprint density at radius 2 is 1.78 bits per heavy atom. The number of hydrogen-bond donors (Lipinski definition) is 1. The van der Waals surface area contributed by atoms with Crippen molar-refractivity contribution >= 4 is 5.78 Å². The minimum absolute atomic E-state index is 0.0144. The third-order valence-corrected chi connectivity index (χ3v) is 3.57. The summed E-state index contributed by atoms with van der Waals surface area (Å²) in [4.78, 5) is 11.6. The Hall–Kier alpha value is -2.55. The van der Waals surface area contributed by atoms with Crippen molar-refractivity contribution in [2.45, 2.75) is 33.8 Å². The van der Waals surface area contributed by atoms with Gasteiger partial charge in [-0.2, -0.15) is 0 Å². The molecule has 0 atom stereocenters. The molecule has 0 aliphatic rings. The molecule has 120 valence electrons. The van der Waals surface area contributed by atoms with Gasteiger partial charge >= 0.3 is 0 Å². The summed E-state index contributed by atoms with van der Waals surface area (Å²) in [5, 5.41) is 10.4. The molecule has 0 unspecified atom stereocenters. The molecule has 23 heavy (non-hydrogen) atoms. The van der Waals surface area contributed by atoms with Crippen molar-refractivity contribution < 1.29 is 14.6 Å². The van der Waals surface area contributed by atoms with Crippen LogP contribution in [0.1, 0.15) is 42.3 Å². The molecule has 2 rings (SSSR count). The average molecular weight is 310 g/mol. The minimum Gasteiger partial charge on any atom is -0.507 e. The highest BCUT2D eigenvalue weighted by Crippen LogP contribution is 2.33. The van der Waals surface area contributed by atoms with Crippen molar-refractivity contribution in [1.82, 2.24) is 0 Å².